The van der Waals surface area contributed by atoms with Crippen molar-refractivity contribution in [2.45, 2.75) is 45.0 Å². The summed E-state index contributed by atoms with van der Waals surface area (Å²) < 4.78 is 42.0. The quantitative estimate of drug-likeness (QED) is 0.557. The van der Waals surface area contributed by atoms with E-state index in [1.165, 1.54) is 6.08 Å². The van der Waals surface area contributed by atoms with Crippen molar-refractivity contribution in [2.24, 2.45) is 0 Å². The predicted molar refractivity (Wildman–Crippen MR) is 65.6 cm³/mol. The topological polar surface area (TPSA) is 78.9 Å². The predicted octanol–water partition coefficient (Wildman–Crippen LogP) is 1.03. The Kier molecular flexibility index (Phi) is 5.54. The Morgan fingerprint density at radius 2 is 1.76 bits per heavy atom. The molecule has 6 nitrogen and oxygen atoms in total. The molecule has 1 unspecified atom stereocenters. The van der Waals surface area contributed by atoms with E-state index in [2.05, 4.69) is 0 Å². The normalized spacial score (nSPS) is 25.3. The summed E-state index contributed by atoms with van der Waals surface area (Å²) in [4.78, 5) is 32.7. The average Bonchev–Trinajstić information content (AvgIpc) is 2.36. The molecule has 1 heterocycles. The van der Waals surface area contributed by atoms with Gasteiger partial charge in [-0.3, -0.25) is 14.4 Å². The Balaban J connectivity index is 2.89. The minimum absolute atomic E-state index is 0.373. The fourth-order valence-electron chi connectivity index (χ4n) is 1.69. The van der Waals surface area contributed by atoms with Crippen molar-refractivity contribution in [1.29, 1.82) is 0 Å². The number of Topliss-reactive ketones (excluding diaryl/α,β-unsaturated/α-hetero) is 1. The standard InChI is InChI=1S/C13H16F2O6/c1-7(16)13(14,15)12-5-4-10(20-9(3)18)11(21-12)6-19-8(2)17/h4-5,10-12H,6H2,1-3H3/t10-,11+,12?/m0/s1. The van der Waals surface area contributed by atoms with Gasteiger partial charge in [-0.1, -0.05) is 0 Å². The van der Waals surface area contributed by atoms with Crippen molar-refractivity contribution >= 4 is 17.7 Å². The summed E-state index contributed by atoms with van der Waals surface area (Å²) in [7, 11) is 0. The highest BCUT2D eigenvalue weighted by molar-refractivity contribution is 5.84. The Bertz CT molecular complexity index is 460. The van der Waals surface area contributed by atoms with Crippen LogP contribution in [0.1, 0.15) is 20.8 Å². The summed E-state index contributed by atoms with van der Waals surface area (Å²) in [6, 6.07) is 0. The zero-order valence-electron chi connectivity index (χ0n) is 11.8. The monoisotopic (exact) mass is 306 g/mol. The first-order chi connectivity index (χ1) is 9.64. The number of halogens is 2. The van der Waals surface area contributed by atoms with Gasteiger partial charge in [-0.25, -0.2) is 0 Å². The van der Waals surface area contributed by atoms with Crippen LogP contribution in [0.5, 0.6) is 0 Å². The maximum Gasteiger partial charge on any atom is 0.333 e. The van der Waals surface area contributed by atoms with Crippen LogP contribution in [0.2, 0.25) is 0 Å². The summed E-state index contributed by atoms with van der Waals surface area (Å²) in [5, 5.41) is 0. The zero-order chi connectivity index (χ0) is 16.2. The molecule has 8 heteroatoms. The minimum Gasteiger partial charge on any atom is -0.463 e. The van der Waals surface area contributed by atoms with Crippen LogP contribution in [-0.2, 0) is 28.6 Å². The first-order valence-corrected chi connectivity index (χ1v) is 6.17. The molecule has 21 heavy (non-hydrogen) atoms. The number of hydrogen-bond acceptors (Lipinski definition) is 6. The van der Waals surface area contributed by atoms with E-state index in [0.29, 0.717) is 0 Å². The Labute approximate surface area is 120 Å². The van der Waals surface area contributed by atoms with Crippen molar-refractivity contribution < 1.29 is 37.4 Å². The van der Waals surface area contributed by atoms with E-state index in [-0.39, 0.29) is 6.61 Å². The number of esters is 2. The number of ether oxygens (including phenoxy) is 3. The van der Waals surface area contributed by atoms with E-state index in [0.717, 1.165) is 26.8 Å². The molecule has 0 N–H and O–H groups in total. The molecule has 0 amide bonds. The van der Waals surface area contributed by atoms with E-state index in [4.69, 9.17) is 14.2 Å². The van der Waals surface area contributed by atoms with Gasteiger partial charge in [-0.2, -0.15) is 8.78 Å². The molecular formula is C13H16F2O6. The van der Waals surface area contributed by atoms with Gasteiger partial charge in [0.25, 0.3) is 0 Å². The summed E-state index contributed by atoms with van der Waals surface area (Å²) in [5.41, 5.74) is 0. The Morgan fingerprint density at radius 1 is 1.14 bits per heavy atom. The van der Waals surface area contributed by atoms with E-state index in [1.807, 2.05) is 0 Å². The molecule has 0 aromatic rings. The van der Waals surface area contributed by atoms with Gasteiger partial charge in [0.05, 0.1) is 0 Å². The lowest BCUT2D eigenvalue weighted by Crippen LogP contribution is -2.49. The molecule has 0 aliphatic carbocycles. The average molecular weight is 306 g/mol. The minimum atomic E-state index is -3.72. The molecule has 1 aliphatic heterocycles. The van der Waals surface area contributed by atoms with E-state index in [9.17, 15) is 23.2 Å². The Hall–Kier alpha value is -1.83. The van der Waals surface area contributed by atoms with Gasteiger partial charge < -0.3 is 14.2 Å². The van der Waals surface area contributed by atoms with Crippen LogP contribution < -0.4 is 0 Å². The molecule has 0 aromatic heterocycles. The van der Waals surface area contributed by atoms with Crippen molar-refractivity contribution in [3.05, 3.63) is 12.2 Å². The highest BCUT2D eigenvalue weighted by Gasteiger charge is 2.48. The number of rotatable bonds is 5. The van der Waals surface area contributed by atoms with Gasteiger partial charge in [0.15, 0.2) is 0 Å². The van der Waals surface area contributed by atoms with Crippen LogP contribution in [0, 0.1) is 0 Å². The summed E-state index contributed by atoms with van der Waals surface area (Å²) >= 11 is 0. The molecular weight excluding hydrogens is 290 g/mol. The Morgan fingerprint density at radius 3 is 2.24 bits per heavy atom. The number of hydrogen-bond donors (Lipinski definition) is 0. The zero-order valence-corrected chi connectivity index (χ0v) is 11.8. The molecule has 3 atom stereocenters. The molecule has 1 rings (SSSR count). The fourth-order valence-corrected chi connectivity index (χ4v) is 1.69. The first kappa shape index (κ1) is 17.2. The van der Waals surface area contributed by atoms with Crippen LogP contribution in [0.3, 0.4) is 0 Å². The lowest BCUT2D eigenvalue weighted by molar-refractivity contribution is -0.191. The number of ketones is 1. The maximum absolute atomic E-state index is 13.7. The number of carbonyl (C=O) groups excluding carboxylic acids is 3. The summed E-state index contributed by atoms with van der Waals surface area (Å²) in [6.07, 6.45) is -1.74. The van der Waals surface area contributed by atoms with E-state index < -0.39 is 42.0 Å². The third kappa shape index (κ3) is 4.59. The van der Waals surface area contributed by atoms with Crippen molar-refractivity contribution in [2.75, 3.05) is 6.61 Å². The van der Waals surface area contributed by atoms with Crippen LogP contribution in [0.4, 0.5) is 8.78 Å². The summed E-state index contributed by atoms with van der Waals surface area (Å²) in [6.45, 7) is 2.66. The molecule has 0 radical (unpaired) electrons. The molecule has 1 aliphatic rings. The molecule has 0 saturated heterocycles. The molecule has 0 saturated carbocycles. The van der Waals surface area contributed by atoms with Crippen LogP contribution in [0.15, 0.2) is 12.2 Å². The first-order valence-electron chi connectivity index (χ1n) is 6.17. The molecule has 0 bridgehead atoms. The van der Waals surface area contributed by atoms with Crippen molar-refractivity contribution in [3.63, 3.8) is 0 Å². The maximum atomic E-state index is 13.7. The van der Waals surface area contributed by atoms with Crippen molar-refractivity contribution in [1.82, 2.24) is 0 Å². The van der Waals surface area contributed by atoms with Crippen molar-refractivity contribution in [3.8, 4) is 0 Å². The summed E-state index contributed by atoms with van der Waals surface area (Å²) in [5.74, 6) is -6.34. The number of carbonyl (C=O) groups is 3. The van der Waals surface area contributed by atoms with E-state index in [1.54, 1.807) is 0 Å². The molecule has 0 aromatic carbocycles. The molecule has 0 spiro atoms. The molecule has 0 fully saturated rings. The van der Waals surface area contributed by atoms with E-state index >= 15 is 0 Å². The van der Waals surface area contributed by atoms with Gasteiger partial charge >= 0.3 is 17.9 Å². The molecule has 118 valence electrons. The van der Waals surface area contributed by atoms with Crippen LogP contribution >= 0.6 is 0 Å². The second kappa shape index (κ2) is 6.75. The van der Waals surface area contributed by atoms with Gasteiger partial charge in [0.1, 0.15) is 24.9 Å². The third-order valence-corrected chi connectivity index (χ3v) is 2.74. The van der Waals surface area contributed by atoms with Gasteiger partial charge in [0, 0.05) is 20.8 Å². The fraction of sp³-hybridized carbons (Fsp3) is 0.615. The smallest absolute Gasteiger partial charge is 0.333 e. The van der Waals surface area contributed by atoms with Gasteiger partial charge in [0.2, 0.25) is 5.78 Å². The highest BCUT2D eigenvalue weighted by atomic mass is 19.3. The largest absolute Gasteiger partial charge is 0.463 e. The van der Waals surface area contributed by atoms with Crippen LogP contribution in [-0.4, -0.2) is 48.6 Å². The number of alkyl halides is 2. The van der Waals surface area contributed by atoms with Gasteiger partial charge in [-0.15, -0.1) is 0 Å². The van der Waals surface area contributed by atoms with Gasteiger partial charge in [-0.05, 0) is 12.2 Å². The lowest BCUT2D eigenvalue weighted by Gasteiger charge is -2.33. The SMILES string of the molecule is CC(=O)OC[C@H]1OC(C(F)(F)C(C)=O)C=C[C@@H]1OC(C)=O. The third-order valence-electron chi connectivity index (χ3n) is 2.74. The lowest BCUT2D eigenvalue weighted by atomic mass is 10.0. The second-order valence-corrected chi connectivity index (χ2v) is 4.54. The second-order valence-electron chi connectivity index (χ2n) is 4.54. The highest BCUT2D eigenvalue weighted by Crippen LogP contribution is 2.29. The van der Waals surface area contributed by atoms with Crippen LogP contribution in [0.25, 0.3) is 0 Å².